The van der Waals surface area contributed by atoms with Gasteiger partial charge in [-0.05, 0) is 74.1 Å². The van der Waals surface area contributed by atoms with E-state index in [1.54, 1.807) is 37.3 Å². The van der Waals surface area contributed by atoms with E-state index in [4.69, 9.17) is 16.3 Å². The van der Waals surface area contributed by atoms with Crippen molar-refractivity contribution in [3.8, 4) is 11.5 Å². The molecule has 1 saturated heterocycles. The molecule has 0 saturated carbocycles. The number of imide groups is 1. The number of hydrogen-bond donors (Lipinski definition) is 1. The first-order chi connectivity index (χ1) is 18.6. The van der Waals surface area contributed by atoms with Crippen molar-refractivity contribution >= 4 is 40.7 Å². The summed E-state index contributed by atoms with van der Waals surface area (Å²) in [5, 5.41) is 11.0. The lowest BCUT2D eigenvalue weighted by Crippen LogP contribution is -2.39. The minimum absolute atomic E-state index is 0.0931. The van der Waals surface area contributed by atoms with Crippen molar-refractivity contribution in [2.45, 2.75) is 32.6 Å². The molecule has 0 aromatic heterocycles. The van der Waals surface area contributed by atoms with Crippen LogP contribution in [0.15, 0.2) is 70.8 Å². The van der Waals surface area contributed by atoms with Gasteiger partial charge in [0.25, 0.3) is 0 Å². The van der Waals surface area contributed by atoms with Crippen LogP contribution in [0.5, 0.6) is 11.5 Å². The summed E-state index contributed by atoms with van der Waals surface area (Å²) in [4.78, 5) is 55.5. The first-order valence-electron chi connectivity index (χ1n) is 12.8. The average molecular weight is 544 g/mol. The van der Waals surface area contributed by atoms with Gasteiger partial charge in [0.05, 0.1) is 24.6 Å². The second-order valence-electron chi connectivity index (χ2n) is 10.6. The van der Waals surface area contributed by atoms with Crippen LogP contribution < -0.4 is 9.64 Å². The quantitative estimate of drug-likeness (QED) is 0.332. The molecular formula is C31H26ClNO6. The number of methoxy groups -OCH3 is 1. The van der Waals surface area contributed by atoms with Gasteiger partial charge in [0, 0.05) is 27.7 Å². The lowest BCUT2D eigenvalue weighted by molar-refractivity contribution is -0.123. The molecule has 2 amide bonds. The molecule has 8 heteroatoms. The van der Waals surface area contributed by atoms with E-state index in [1.165, 1.54) is 24.2 Å². The zero-order valence-corrected chi connectivity index (χ0v) is 22.4. The Bertz CT molecular complexity index is 1600. The second-order valence-corrected chi connectivity index (χ2v) is 11.0. The Morgan fingerprint density at radius 1 is 1.00 bits per heavy atom. The number of halogens is 1. The fraction of sp³-hybridized carbons (Fsp3) is 0.290. The normalized spacial score (nSPS) is 26.2. The maximum Gasteiger partial charge on any atom is 0.238 e. The van der Waals surface area contributed by atoms with Crippen molar-refractivity contribution in [3.63, 3.8) is 0 Å². The first kappa shape index (κ1) is 25.3. The number of aromatic hydroxyl groups is 1. The Kier molecular flexibility index (Phi) is 5.88. The number of carbonyl (C=O) groups excluding carboxylic acids is 4. The number of hydrogen-bond acceptors (Lipinski definition) is 6. The molecular weight excluding hydrogens is 518 g/mol. The van der Waals surface area contributed by atoms with Gasteiger partial charge in [-0.15, -0.1) is 0 Å². The van der Waals surface area contributed by atoms with Crippen LogP contribution in [-0.4, -0.2) is 35.6 Å². The standard InChI is InChI=1S/C31H26ClNO6/c1-14-4-6-17(12-22(14)32)33-30(37)19-8-7-18-20(27(19)31(33)38)13-21-28(24(35)10-15(2)29(21)36)26(18)16-5-9-25(39-3)23(34)11-16/h4-7,9-12,19-20,26-27,34H,8,13H2,1-3H3. The highest BCUT2D eigenvalue weighted by Gasteiger charge is 2.56. The molecule has 4 aliphatic rings. The number of rotatable bonds is 3. The third-order valence-corrected chi connectivity index (χ3v) is 8.92. The second kappa shape index (κ2) is 9.06. The molecule has 6 rings (SSSR count). The smallest absolute Gasteiger partial charge is 0.238 e. The number of phenols is 1. The summed E-state index contributed by atoms with van der Waals surface area (Å²) in [7, 11) is 1.45. The molecule has 0 spiro atoms. The molecule has 2 aromatic carbocycles. The molecule has 198 valence electrons. The van der Waals surface area contributed by atoms with Gasteiger partial charge >= 0.3 is 0 Å². The number of anilines is 1. The minimum Gasteiger partial charge on any atom is -0.504 e. The van der Waals surface area contributed by atoms with Gasteiger partial charge < -0.3 is 9.84 Å². The van der Waals surface area contributed by atoms with E-state index < -0.39 is 23.7 Å². The van der Waals surface area contributed by atoms with E-state index in [2.05, 4.69) is 0 Å². The average Bonchev–Trinajstić information content (AvgIpc) is 3.17. The third-order valence-electron chi connectivity index (χ3n) is 8.51. The number of Topliss-reactive ketones (excluding diaryl/α,β-unsaturated/α-hetero) is 1. The molecule has 7 nitrogen and oxygen atoms in total. The molecule has 4 unspecified atom stereocenters. The number of benzene rings is 2. The molecule has 3 aliphatic carbocycles. The van der Waals surface area contributed by atoms with Crippen molar-refractivity contribution in [2.24, 2.45) is 17.8 Å². The predicted molar refractivity (Wildman–Crippen MR) is 145 cm³/mol. The summed E-state index contributed by atoms with van der Waals surface area (Å²) in [6.07, 6.45) is 3.83. The highest BCUT2D eigenvalue weighted by Crippen LogP contribution is 2.55. The van der Waals surface area contributed by atoms with Crippen LogP contribution in [0.1, 0.15) is 36.8 Å². The van der Waals surface area contributed by atoms with Crippen LogP contribution in [0, 0.1) is 24.7 Å². The highest BCUT2D eigenvalue weighted by atomic mass is 35.5. The van der Waals surface area contributed by atoms with E-state index in [1.807, 2.05) is 13.0 Å². The Labute approximate surface area is 230 Å². The molecule has 1 aliphatic heterocycles. The summed E-state index contributed by atoms with van der Waals surface area (Å²) < 4.78 is 5.20. The monoisotopic (exact) mass is 543 g/mol. The van der Waals surface area contributed by atoms with Gasteiger partial charge in [-0.2, -0.15) is 0 Å². The minimum atomic E-state index is -0.685. The van der Waals surface area contributed by atoms with Gasteiger partial charge in [0.2, 0.25) is 11.8 Å². The van der Waals surface area contributed by atoms with E-state index in [-0.39, 0.29) is 41.3 Å². The Morgan fingerprint density at radius 3 is 2.46 bits per heavy atom. The van der Waals surface area contributed by atoms with Crippen molar-refractivity contribution in [1.82, 2.24) is 0 Å². The van der Waals surface area contributed by atoms with Crippen LogP contribution in [0.2, 0.25) is 5.02 Å². The van der Waals surface area contributed by atoms with E-state index in [9.17, 15) is 24.3 Å². The van der Waals surface area contributed by atoms with Crippen LogP contribution in [0.3, 0.4) is 0 Å². The lowest BCUT2D eigenvalue weighted by atomic mass is 9.59. The predicted octanol–water partition coefficient (Wildman–Crippen LogP) is 5.00. The van der Waals surface area contributed by atoms with Crippen molar-refractivity contribution < 1.29 is 29.0 Å². The number of allylic oxidation sites excluding steroid dienone is 6. The Morgan fingerprint density at radius 2 is 1.77 bits per heavy atom. The van der Waals surface area contributed by atoms with Gasteiger partial charge in [0.15, 0.2) is 23.1 Å². The fourth-order valence-corrected chi connectivity index (χ4v) is 6.80. The van der Waals surface area contributed by atoms with Crippen LogP contribution in [0.4, 0.5) is 5.69 Å². The highest BCUT2D eigenvalue weighted by molar-refractivity contribution is 6.32. The molecule has 4 atom stereocenters. The number of ketones is 2. The van der Waals surface area contributed by atoms with Gasteiger partial charge in [-0.3, -0.25) is 19.2 Å². The van der Waals surface area contributed by atoms with E-state index in [0.29, 0.717) is 39.4 Å². The van der Waals surface area contributed by atoms with Gasteiger partial charge in [-0.1, -0.05) is 35.4 Å². The maximum absolute atomic E-state index is 14.0. The first-order valence-corrected chi connectivity index (χ1v) is 13.2. The zero-order chi connectivity index (χ0) is 27.7. The maximum atomic E-state index is 14.0. The molecule has 1 fully saturated rings. The summed E-state index contributed by atoms with van der Waals surface area (Å²) >= 11 is 6.32. The van der Waals surface area contributed by atoms with Gasteiger partial charge in [-0.25, -0.2) is 4.90 Å². The third kappa shape index (κ3) is 3.71. The largest absolute Gasteiger partial charge is 0.504 e. The van der Waals surface area contributed by atoms with Gasteiger partial charge in [0.1, 0.15) is 0 Å². The van der Waals surface area contributed by atoms with Crippen LogP contribution in [-0.2, 0) is 19.2 Å². The summed E-state index contributed by atoms with van der Waals surface area (Å²) in [6, 6.07) is 10.0. The van der Waals surface area contributed by atoms with Crippen molar-refractivity contribution in [2.75, 3.05) is 12.0 Å². The molecule has 39 heavy (non-hydrogen) atoms. The zero-order valence-electron chi connectivity index (χ0n) is 21.7. The Balaban J connectivity index is 1.48. The number of ether oxygens (including phenoxy) is 1. The van der Waals surface area contributed by atoms with Crippen molar-refractivity contribution in [3.05, 3.63) is 87.0 Å². The molecule has 0 radical (unpaired) electrons. The fourth-order valence-electron chi connectivity index (χ4n) is 6.62. The number of aryl methyl sites for hydroxylation is 1. The van der Waals surface area contributed by atoms with Crippen molar-refractivity contribution in [1.29, 1.82) is 0 Å². The SMILES string of the molecule is COc1ccc(C2C3=CCC4C(=O)N(c5ccc(C)c(Cl)c5)C(=O)C4C3CC3=C2C(=O)C=C(C)C3=O)cc1O. The summed E-state index contributed by atoms with van der Waals surface area (Å²) in [5.41, 5.74) is 3.78. The topological polar surface area (TPSA) is 101 Å². The van der Waals surface area contributed by atoms with E-state index in [0.717, 1.165) is 11.1 Å². The number of fused-ring (bicyclic) bond motifs is 3. The van der Waals surface area contributed by atoms with E-state index >= 15 is 0 Å². The van der Waals surface area contributed by atoms with Crippen LogP contribution >= 0.6 is 11.6 Å². The number of amides is 2. The number of nitrogens with zero attached hydrogens (tertiary/aromatic N) is 1. The summed E-state index contributed by atoms with van der Waals surface area (Å²) in [5.74, 6) is -3.28. The molecule has 0 bridgehead atoms. The van der Waals surface area contributed by atoms with Crippen LogP contribution in [0.25, 0.3) is 0 Å². The Hall–Kier alpha value is -3.97. The number of phenolic OH excluding ortho intramolecular Hbond substituents is 1. The molecule has 1 N–H and O–H groups in total. The molecule has 2 aromatic rings. The molecule has 1 heterocycles. The number of carbonyl (C=O) groups is 4. The summed E-state index contributed by atoms with van der Waals surface area (Å²) in [6.45, 7) is 3.46. The lowest BCUT2D eigenvalue weighted by Gasteiger charge is -2.42.